The number of tetrazole rings is 1. The molecule has 310 valence electrons. The number of methoxy groups -OCH3 is 2. The molecule has 0 aliphatic rings. The van der Waals surface area contributed by atoms with Gasteiger partial charge in [0.1, 0.15) is 11.6 Å². The van der Waals surface area contributed by atoms with Crippen LogP contribution in [0.25, 0.3) is 0 Å². The number of amides is 2. The number of benzene rings is 2. The van der Waals surface area contributed by atoms with Crippen LogP contribution in [-0.4, -0.2) is 77.7 Å². The molecule has 0 radical (unpaired) electrons. The van der Waals surface area contributed by atoms with Gasteiger partial charge in [0.15, 0.2) is 24.6 Å². The van der Waals surface area contributed by atoms with Crippen LogP contribution >= 0.6 is 0 Å². The van der Waals surface area contributed by atoms with E-state index in [4.69, 9.17) is 9.68 Å². The summed E-state index contributed by atoms with van der Waals surface area (Å²) >= 11 is 0. The highest BCUT2D eigenvalue weighted by molar-refractivity contribution is 6.10. The lowest BCUT2D eigenvalue weighted by Crippen LogP contribution is -2.17. The minimum absolute atomic E-state index is 0.0266. The fourth-order valence-electron chi connectivity index (χ4n) is 4.46. The smallest absolute Gasteiger partial charge is 0.441 e. The molecule has 0 fully saturated rings. The number of aryl methyl sites for hydroxylation is 1. The third-order valence-electron chi connectivity index (χ3n) is 7.12. The van der Waals surface area contributed by atoms with Crippen LogP contribution < -0.4 is 16.4 Å². The molecule has 2 amide bonds. The van der Waals surface area contributed by atoms with E-state index in [1.54, 1.807) is 55.6 Å². The molecular formula is C39H46N12O8. The Balaban J connectivity index is 0.000000291. The second kappa shape index (κ2) is 24.7. The van der Waals surface area contributed by atoms with Crippen molar-refractivity contribution in [2.24, 2.45) is 24.4 Å². The van der Waals surface area contributed by atoms with Crippen molar-refractivity contribution in [3.8, 4) is 0 Å². The van der Waals surface area contributed by atoms with Crippen LogP contribution in [0.5, 0.6) is 0 Å². The largest absolute Gasteiger partial charge is 0.453 e. The molecule has 4 aromatic heterocycles. The van der Waals surface area contributed by atoms with E-state index in [0.717, 1.165) is 5.56 Å². The lowest BCUT2D eigenvalue weighted by atomic mass is 10.1. The average Bonchev–Trinajstić information content (AvgIpc) is 3.86. The first-order chi connectivity index (χ1) is 28.7. The van der Waals surface area contributed by atoms with Crippen LogP contribution in [0.3, 0.4) is 0 Å². The molecule has 20 nitrogen and oxygen atoms in total. The maximum atomic E-state index is 11.6. The first-order valence-electron chi connectivity index (χ1n) is 18.1. The molecule has 59 heavy (non-hydrogen) atoms. The van der Waals surface area contributed by atoms with E-state index in [2.05, 4.69) is 65.6 Å². The molecule has 0 aliphatic carbocycles. The van der Waals surface area contributed by atoms with Crippen LogP contribution in [0.4, 0.5) is 21.2 Å². The van der Waals surface area contributed by atoms with Crippen LogP contribution in [0.2, 0.25) is 0 Å². The third-order valence-corrected chi connectivity index (χ3v) is 7.12. The van der Waals surface area contributed by atoms with Crippen molar-refractivity contribution in [1.29, 1.82) is 0 Å². The Labute approximate surface area is 339 Å². The van der Waals surface area contributed by atoms with Gasteiger partial charge in [0.2, 0.25) is 11.6 Å². The van der Waals surface area contributed by atoms with Gasteiger partial charge in [-0.3, -0.25) is 19.7 Å². The number of hydrogen-bond acceptors (Lipinski definition) is 16. The van der Waals surface area contributed by atoms with E-state index in [9.17, 15) is 14.4 Å². The van der Waals surface area contributed by atoms with Crippen LogP contribution in [0, 0.1) is 0 Å². The Morgan fingerprint density at radius 2 is 1.12 bits per heavy atom. The molecule has 0 bridgehead atoms. The first kappa shape index (κ1) is 45.6. The van der Waals surface area contributed by atoms with Gasteiger partial charge in [-0.1, -0.05) is 116 Å². The SMILES string of the molecule is CC.CC.COC(=O)Nc1cccc(CON=C(c2ccccc2)c2nnnn2C)n1.COC(=O)Nc1cccc(CON=C(c2ccccc2)c2noc(=O)n2C)n1. The van der Waals surface area contributed by atoms with Gasteiger partial charge in [0.25, 0.3) is 0 Å². The van der Waals surface area contributed by atoms with E-state index in [1.165, 1.54) is 30.5 Å². The van der Waals surface area contributed by atoms with Gasteiger partial charge >= 0.3 is 17.9 Å². The highest BCUT2D eigenvalue weighted by Crippen LogP contribution is 2.12. The minimum Gasteiger partial charge on any atom is -0.453 e. The zero-order chi connectivity index (χ0) is 43.0. The van der Waals surface area contributed by atoms with E-state index < -0.39 is 17.9 Å². The van der Waals surface area contributed by atoms with Crippen molar-refractivity contribution >= 4 is 35.2 Å². The quantitative estimate of drug-likeness (QED) is 0.111. The molecule has 4 heterocycles. The summed E-state index contributed by atoms with van der Waals surface area (Å²) in [5.41, 5.74) is 3.44. The summed E-state index contributed by atoms with van der Waals surface area (Å²) < 4.78 is 16.5. The van der Waals surface area contributed by atoms with Gasteiger partial charge in [-0.2, -0.15) is 0 Å². The predicted molar refractivity (Wildman–Crippen MR) is 218 cm³/mol. The van der Waals surface area contributed by atoms with Crippen molar-refractivity contribution < 1.29 is 33.3 Å². The molecule has 0 atom stereocenters. The summed E-state index contributed by atoms with van der Waals surface area (Å²) in [5, 5.41) is 28.5. The van der Waals surface area contributed by atoms with E-state index in [1.807, 2.05) is 76.2 Å². The summed E-state index contributed by atoms with van der Waals surface area (Å²) in [6.07, 6.45) is -1.22. The first-order valence-corrected chi connectivity index (χ1v) is 18.1. The average molecular weight is 811 g/mol. The maximum Gasteiger partial charge on any atom is 0.441 e. The van der Waals surface area contributed by atoms with Gasteiger partial charge in [-0.25, -0.2) is 29.0 Å². The highest BCUT2D eigenvalue weighted by Gasteiger charge is 2.18. The Kier molecular flexibility index (Phi) is 19.1. The van der Waals surface area contributed by atoms with Gasteiger partial charge in [-0.15, -0.1) is 5.10 Å². The number of carbonyl (C=O) groups excluding carboxylic acids is 2. The zero-order valence-corrected chi connectivity index (χ0v) is 33.9. The Morgan fingerprint density at radius 1 is 0.661 bits per heavy atom. The fourth-order valence-corrected chi connectivity index (χ4v) is 4.46. The molecule has 2 aromatic carbocycles. The van der Waals surface area contributed by atoms with Crippen LogP contribution in [0.15, 0.2) is 117 Å². The molecule has 20 heteroatoms. The Morgan fingerprint density at radius 3 is 1.51 bits per heavy atom. The standard InChI is InChI=1S/C18H17N5O5.C17H17N7O3.2C2H6/c1-23-16(22-28-18(23)25)15(12-7-4-3-5-8-12)21-27-11-13-9-6-10-14(19-13)20-17(24)26-2;1-24-16(20-22-23-24)15(12-7-4-3-5-8-12)21-27-11-13-9-6-10-14(18-13)19-17(25)26-2;2*1-2/h3-10H,11H2,1-2H3,(H,19,20,24);3-10H,11H2,1-2H3,(H,18,19,25);2*1-2H3. The zero-order valence-electron chi connectivity index (χ0n) is 33.9. The normalized spacial score (nSPS) is 10.6. The maximum absolute atomic E-state index is 11.6. The number of pyridine rings is 2. The van der Waals surface area contributed by atoms with Crippen molar-refractivity contribution in [2.45, 2.75) is 40.9 Å². The number of aromatic nitrogens is 8. The van der Waals surface area contributed by atoms with E-state index in [-0.39, 0.29) is 19.0 Å². The third kappa shape index (κ3) is 14.0. The summed E-state index contributed by atoms with van der Waals surface area (Å²) in [6.45, 7) is 8.12. The summed E-state index contributed by atoms with van der Waals surface area (Å²) in [6, 6.07) is 28.7. The van der Waals surface area contributed by atoms with E-state index in [0.29, 0.717) is 45.8 Å². The number of anilines is 2. The van der Waals surface area contributed by atoms with E-state index >= 15 is 0 Å². The molecule has 0 aliphatic heterocycles. The van der Waals surface area contributed by atoms with Gasteiger partial charge in [0, 0.05) is 25.2 Å². The molecule has 6 rings (SSSR count). The topological polar surface area (TPSA) is 237 Å². The summed E-state index contributed by atoms with van der Waals surface area (Å²) in [4.78, 5) is 53.5. The second-order valence-corrected chi connectivity index (χ2v) is 10.9. The lowest BCUT2D eigenvalue weighted by Gasteiger charge is -2.07. The molecule has 2 N–H and O–H groups in total. The molecule has 0 unspecified atom stereocenters. The van der Waals surface area contributed by atoms with Gasteiger partial charge in [-0.05, 0) is 34.7 Å². The molecule has 0 saturated carbocycles. The number of hydrogen-bond donors (Lipinski definition) is 2. The monoisotopic (exact) mass is 810 g/mol. The number of nitrogens with one attached hydrogen (secondary N) is 2. The molecule has 6 aromatic rings. The number of ether oxygens (including phenoxy) is 2. The number of carbonyl (C=O) groups is 2. The molecular weight excluding hydrogens is 765 g/mol. The number of oxime groups is 2. The van der Waals surface area contributed by atoms with Crippen molar-refractivity contribution in [2.75, 3.05) is 24.9 Å². The van der Waals surface area contributed by atoms with Gasteiger partial charge < -0.3 is 19.1 Å². The van der Waals surface area contributed by atoms with Crippen molar-refractivity contribution in [3.63, 3.8) is 0 Å². The fraction of sp³-hybridized carbons (Fsp3) is 0.256. The molecule has 0 saturated heterocycles. The van der Waals surface area contributed by atoms with Crippen molar-refractivity contribution in [1.82, 2.24) is 39.9 Å². The summed E-state index contributed by atoms with van der Waals surface area (Å²) in [5.74, 6) is 0.759. The number of rotatable bonds is 12. The van der Waals surface area contributed by atoms with Crippen molar-refractivity contribution in [3.05, 3.63) is 142 Å². The van der Waals surface area contributed by atoms with Crippen LogP contribution in [0.1, 0.15) is 61.9 Å². The van der Waals surface area contributed by atoms with Crippen LogP contribution in [-0.2, 0) is 46.5 Å². The lowest BCUT2D eigenvalue weighted by molar-refractivity contribution is 0.128. The predicted octanol–water partition coefficient (Wildman–Crippen LogP) is 5.72. The Bertz CT molecular complexity index is 2310. The second-order valence-electron chi connectivity index (χ2n) is 10.9. The summed E-state index contributed by atoms with van der Waals surface area (Å²) in [7, 11) is 5.79. The Hall–Kier alpha value is -7.77. The van der Waals surface area contributed by atoms with Gasteiger partial charge in [0.05, 0.1) is 25.6 Å². The molecule has 0 spiro atoms. The minimum atomic E-state index is -0.623. The highest BCUT2D eigenvalue weighted by atomic mass is 16.6. The number of nitrogens with zero attached hydrogens (tertiary/aromatic N) is 10.